The molecular formula is C23H29FO2S. The summed E-state index contributed by atoms with van der Waals surface area (Å²) in [5, 5.41) is 11.7. The zero-order valence-corrected chi connectivity index (χ0v) is 17.2. The number of aliphatic hydroxyl groups excluding tert-OH is 1. The Labute approximate surface area is 166 Å². The summed E-state index contributed by atoms with van der Waals surface area (Å²) in [6.45, 7) is 4.37. The van der Waals surface area contributed by atoms with Crippen molar-refractivity contribution >= 4 is 11.8 Å². The number of thioether (sulfide) groups is 1. The lowest BCUT2D eigenvalue weighted by Gasteiger charge is -2.39. The standard InChI is InChI=1S/C23H29FO2S/c1-4-6-13-23(5-2)15-27-20-12-11-18(26-3)14-19(20)21(22(23)25)16-7-9-17(24)10-8-16/h7-12,14,21-22,25H,4-6,13,15H2,1-3H3. The number of benzene rings is 2. The van der Waals surface area contributed by atoms with Crippen LogP contribution in [0, 0.1) is 11.2 Å². The van der Waals surface area contributed by atoms with Crippen LogP contribution in [0.1, 0.15) is 56.6 Å². The molecule has 2 aromatic rings. The van der Waals surface area contributed by atoms with Crippen molar-refractivity contribution in [3.05, 3.63) is 59.4 Å². The molecule has 0 fully saturated rings. The Kier molecular flexibility index (Phi) is 6.48. The molecule has 1 aliphatic heterocycles. The molecule has 0 aromatic heterocycles. The first-order valence-electron chi connectivity index (χ1n) is 9.79. The molecule has 2 aromatic carbocycles. The predicted molar refractivity (Wildman–Crippen MR) is 110 cm³/mol. The highest BCUT2D eigenvalue weighted by atomic mass is 32.2. The normalized spacial score (nSPS) is 24.9. The molecular weight excluding hydrogens is 359 g/mol. The lowest BCUT2D eigenvalue weighted by Crippen LogP contribution is -2.40. The Balaban J connectivity index is 2.14. The van der Waals surface area contributed by atoms with Gasteiger partial charge in [0.15, 0.2) is 0 Å². The van der Waals surface area contributed by atoms with Gasteiger partial charge >= 0.3 is 0 Å². The predicted octanol–water partition coefficient (Wildman–Crippen LogP) is 6.02. The number of halogens is 1. The maximum Gasteiger partial charge on any atom is 0.123 e. The van der Waals surface area contributed by atoms with E-state index in [2.05, 4.69) is 19.9 Å². The fourth-order valence-electron chi connectivity index (χ4n) is 4.13. The van der Waals surface area contributed by atoms with Gasteiger partial charge in [-0.05, 0) is 54.3 Å². The summed E-state index contributed by atoms with van der Waals surface area (Å²) < 4.78 is 19.0. The topological polar surface area (TPSA) is 29.5 Å². The molecule has 27 heavy (non-hydrogen) atoms. The third-order valence-electron chi connectivity index (χ3n) is 5.97. The lowest BCUT2D eigenvalue weighted by molar-refractivity contribution is 0.0182. The fourth-order valence-corrected chi connectivity index (χ4v) is 5.61. The minimum atomic E-state index is -0.527. The van der Waals surface area contributed by atoms with Crippen LogP contribution in [0.4, 0.5) is 4.39 Å². The van der Waals surface area contributed by atoms with Gasteiger partial charge in [0, 0.05) is 22.0 Å². The van der Waals surface area contributed by atoms with Gasteiger partial charge in [-0.2, -0.15) is 0 Å². The van der Waals surface area contributed by atoms with Gasteiger partial charge in [0.25, 0.3) is 0 Å². The van der Waals surface area contributed by atoms with Crippen LogP contribution in [0.5, 0.6) is 5.75 Å². The van der Waals surface area contributed by atoms with E-state index in [1.54, 1.807) is 7.11 Å². The maximum absolute atomic E-state index is 13.5. The number of rotatable bonds is 6. The van der Waals surface area contributed by atoms with E-state index < -0.39 is 6.10 Å². The zero-order valence-electron chi connectivity index (χ0n) is 16.4. The van der Waals surface area contributed by atoms with E-state index in [0.29, 0.717) is 0 Å². The average molecular weight is 389 g/mol. The molecule has 1 N–H and O–H groups in total. The van der Waals surface area contributed by atoms with Crippen molar-refractivity contribution in [2.75, 3.05) is 12.9 Å². The monoisotopic (exact) mass is 388 g/mol. The van der Waals surface area contributed by atoms with Crippen molar-refractivity contribution in [2.45, 2.75) is 56.4 Å². The van der Waals surface area contributed by atoms with Crippen molar-refractivity contribution in [3.63, 3.8) is 0 Å². The van der Waals surface area contributed by atoms with Crippen molar-refractivity contribution < 1.29 is 14.2 Å². The van der Waals surface area contributed by atoms with Crippen LogP contribution < -0.4 is 4.74 Å². The van der Waals surface area contributed by atoms with Crippen molar-refractivity contribution in [1.29, 1.82) is 0 Å². The molecule has 0 bridgehead atoms. The van der Waals surface area contributed by atoms with E-state index >= 15 is 0 Å². The molecule has 146 valence electrons. The second-order valence-corrected chi connectivity index (χ2v) is 8.50. The Hall–Kier alpha value is -1.52. The van der Waals surface area contributed by atoms with Crippen molar-refractivity contribution in [1.82, 2.24) is 0 Å². The van der Waals surface area contributed by atoms with Gasteiger partial charge in [0.2, 0.25) is 0 Å². The number of hydrogen-bond acceptors (Lipinski definition) is 3. The minimum Gasteiger partial charge on any atom is -0.497 e. The van der Waals surface area contributed by atoms with E-state index in [4.69, 9.17) is 4.74 Å². The highest BCUT2D eigenvalue weighted by Gasteiger charge is 2.44. The van der Waals surface area contributed by atoms with Gasteiger partial charge in [-0.1, -0.05) is 38.8 Å². The first kappa shape index (κ1) is 20.2. The quantitative estimate of drug-likeness (QED) is 0.656. The van der Waals surface area contributed by atoms with Gasteiger partial charge in [-0.25, -0.2) is 4.39 Å². The molecule has 0 saturated heterocycles. The summed E-state index contributed by atoms with van der Waals surface area (Å²) in [5.41, 5.74) is 1.87. The molecule has 4 heteroatoms. The summed E-state index contributed by atoms with van der Waals surface area (Å²) in [6, 6.07) is 12.7. The van der Waals surface area contributed by atoms with Gasteiger partial charge in [-0.3, -0.25) is 0 Å². The molecule has 3 atom stereocenters. The molecule has 1 heterocycles. The molecule has 0 aliphatic carbocycles. The third kappa shape index (κ3) is 4.02. The number of unbranched alkanes of at least 4 members (excludes halogenated alkanes) is 1. The van der Waals surface area contributed by atoms with Crippen molar-refractivity contribution in [2.24, 2.45) is 5.41 Å². The Morgan fingerprint density at radius 1 is 1.19 bits per heavy atom. The highest BCUT2D eigenvalue weighted by Crippen LogP contribution is 2.51. The van der Waals surface area contributed by atoms with Gasteiger partial charge in [0.05, 0.1) is 13.2 Å². The molecule has 0 amide bonds. The van der Waals surface area contributed by atoms with E-state index in [1.165, 1.54) is 17.0 Å². The minimum absolute atomic E-state index is 0.161. The van der Waals surface area contributed by atoms with Crippen LogP contribution in [0.25, 0.3) is 0 Å². The number of fused-ring (bicyclic) bond motifs is 1. The molecule has 1 aliphatic rings. The number of hydrogen-bond donors (Lipinski definition) is 1. The largest absolute Gasteiger partial charge is 0.497 e. The average Bonchev–Trinajstić information content (AvgIpc) is 2.81. The lowest BCUT2D eigenvalue weighted by atomic mass is 9.69. The van der Waals surface area contributed by atoms with Crippen LogP contribution in [0.15, 0.2) is 47.4 Å². The first-order chi connectivity index (χ1) is 13.0. The number of aliphatic hydroxyl groups is 1. The van der Waals surface area contributed by atoms with Crippen molar-refractivity contribution in [3.8, 4) is 5.75 Å². The fraction of sp³-hybridized carbons (Fsp3) is 0.478. The van der Waals surface area contributed by atoms with E-state index in [-0.39, 0.29) is 17.2 Å². The summed E-state index contributed by atoms with van der Waals surface area (Å²) in [5.74, 6) is 1.23. The SMILES string of the molecule is CCCCC1(CC)CSc2ccc(OC)cc2C(c2ccc(F)cc2)C1O. The van der Waals surface area contributed by atoms with Crippen LogP contribution in [-0.2, 0) is 0 Å². The first-order valence-corrected chi connectivity index (χ1v) is 10.8. The summed E-state index contributed by atoms with van der Waals surface area (Å²) in [4.78, 5) is 1.18. The van der Waals surface area contributed by atoms with E-state index in [9.17, 15) is 9.50 Å². The zero-order chi connectivity index (χ0) is 19.4. The number of ether oxygens (including phenoxy) is 1. The Morgan fingerprint density at radius 3 is 2.56 bits per heavy atom. The summed E-state index contributed by atoms with van der Waals surface area (Å²) in [7, 11) is 1.66. The molecule has 0 spiro atoms. The van der Waals surface area contributed by atoms with E-state index in [0.717, 1.165) is 48.3 Å². The van der Waals surface area contributed by atoms with Gasteiger partial charge in [0.1, 0.15) is 11.6 Å². The second kappa shape index (κ2) is 8.66. The molecule has 0 radical (unpaired) electrons. The smallest absolute Gasteiger partial charge is 0.123 e. The molecule has 0 saturated carbocycles. The molecule has 3 unspecified atom stereocenters. The Morgan fingerprint density at radius 2 is 1.93 bits per heavy atom. The van der Waals surface area contributed by atoms with Crippen LogP contribution in [-0.4, -0.2) is 24.1 Å². The molecule has 3 rings (SSSR count). The van der Waals surface area contributed by atoms with Gasteiger partial charge in [-0.15, -0.1) is 11.8 Å². The second-order valence-electron chi connectivity index (χ2n) is 7.49. The highest BCUT2D eigenvalue weighted by molar-refractivity contribution is 7.99. The van der Waals surface area contributed by atoms with E-state index in [1.807, 2.05) is 36.0 Å². The van der Waals surface area contributed by atoms with Crippen LogP contribution in [0.2, 0.25) is 0 Å². The third-order valence-corrected chi connectivity index (χ3v) is 7.37. The van der Waals surface area contributed by atoms with Gasteiger partial charge < -0.3 is 9.84 Å². The Bertz CT molecular complexity index is 761. The molecule has 2 nitrogen and oxygen atoms in total. The summed E-state index contributed by atoms with van der Waals surface area (Å²) in [6.07, 6.45) is 3.60. The van der Waals surface area contributed by atoms with Crippen LogP contribution in [0.3, 0.4) is 0 Å². The number of methoxy groups -OCH3 is 1. The maximum atomic E-state index is 13.5. The van der Waals surface area contributed by atoms with Crippen LogP contribution >= 0.6 is 11.8 Å². The summed E-state index contributed by atoms with van der Waals surface area (Å²) >= 11 is 1.83.